The molecule has 3 atom stereocenters. The number of nitrogens with two attached hydrogens (primary N) is 1. The van der Waals surface area contributed by atoms with E-state index < -0.39 is 0 Å². The molecule has 120 valence electrons. The Labute approximate surface area is 130 Å². The van der Waals surface area contributed by atoms with E-state index in [4.69, 9.17) is 5.73 Å². The molecule has 0 bridgehead atoms. The third-order valence-corrected chi connectivity index (χ3v) is 4.51. The van der Waals surface area contributed by atoms with Crippen LogP contribution in [0.4, 0.5) is 0 Å². The van der Waals surface area contributed by atoms with Crippen molar-refractivity contribution < 1.29 is 4.79 Å². The van der Waals surface area contributed by atoms with Gasteiger partial charge in [-0.25, -0.2) is 0 Å². The zero-order valence-electron chi connectivity index (χ0n) is 13.6. The van der Waals surface area contributed by atoms with Gasteiger partial charge in [0.05, 0.1) is 6.04 Å². The topological polar surface area (TPSA) is 58.4 Å². The van der Waals surface area contributed by atoms with Crippen molar-refractivity contribution in [1.29, 1.82) is 0 Å². The molecular formula is C15H32ClN3O. The largest absolute Gasteiger partial charge is 0.350 e. The van der Waals surface area contributed by atoms with Gasteiger partial charge in [0, 0.05) is 18.1 Å². The summed E-state index contributed by atoms with van der Waals surface area (Å²) in [4.78, 5) is 14.6. The van der Waals surface area contributed by atoms with Gasteiger partial charge >= 0.3 is 0 Å². The standard InChI is InChI=1S/C15H31N3O.ClH/c1-6-15(4,5)17-14(19)12(3)18-9-7-8-13(10-18)11(2)16;/h11-13H,6-10,16H2,1-5H3,(H,17,19);1H. The van der Waals surface area contributed by atoms with Crippen molar-refractivity contribution >= 4 is 18.3 Å². The van der Waals surface area contributed by atoms with E-state index >= 15 is 0 Å². The highest BCUT2D eigenvalue weighted by molar-refractivity contribution is 5.85. The maximum Gasteiger partial charge on any atom is 0.237 e. The minimum absolute atomic E-state index is 0. The Morgan fingerprint density at radius 3 is 2.55 bits per heavy atom. The first kappa shape index (κ1) is 19.7. The third kappa shape index (κ3) is 5.58. The molecule has 1 saturated heterocycles. The van der Waals surface area contributed by atoms with Crippen molar-refractivity contribution in [3.8, 4) is 0 Å². The molecule has 1 amide bonds. The molecule has 0 saturated carbocycles. The van der Waals surface area contributed by atoms with Crippen molar-refractivity contribution in [2.75, 3.05) is 13.1 Å². The number of nitrogens with zero attached hydrogens (tertiary/aromatic N) is 1. The fourth-order valence-corrected chi connectivity index (χ4v) is 2.51. The first-order chi connectivity index (χ1) is 8.76. The highest BCUT2D eigenvalue weighted by atomic mass is 35.5. The molecule has 0 aromatic rings. The minimum Gasteiger partial charge on any atom is -0.350 e. The minimum atomic E-state index is -0.123. The molecule has 1 heterocycles. The summed E-state index contributed by atoms with van der Waals surface area (Å²) in [6.45, 7) is 12.3. The summed E-state index contributed by atoms with van der Waals surface area (Å²) in [5, 5.41) is 3.14. The predicted octanol–water partition coefficient (Wildman–Crippen LogP) is 2.16. The van der Waals surface area contributed by atoms with Crippen LogP contribution in [0, 0.1) is 5.92 Å². The Kier molecular flexibility index (Phi) is 8.07. The number of carbonyl (C=O) groups excluding carboxylic acids is 1. The summed E-state index contributed by atoms with van der Waals surface area (Å²) in [7, 11) is 0. The molecule has 1 aliphatic heterocycles. The normalized spacial score (nSPS) is 23.6. The number of hydrogen-bond acceptors (Lipinski definition) is 3. The molecule has 0 spiro atoms. The second-order valence-electron chi connectivity index (χ2n) is 6.66. The fraction of sp³-hybridized carbons (Fsp3) is 0.933. The lowest BCUT2D eigenvalue weighted by Crippen LogP contribution is -2.55. The van der Waals surface area contributed by atoms with E-state index in [0.717, 1.165) is 25.9 Å². The van der Waals surface area contributed by atoms with Crippen LogP contribution in [-0.4, -0.2) is 41.5 Å². The van der Waals surface area contributed by atoms with Crippen molar-refractivity contribution in [2.24, 2.45) is 11.7 Å². The number of piperidine rings is 1. The van der Waals surface area contributed by atoms with E-state index in [2.05, 4.69) is 37.9 Å². The van der Waals surface area contributed by atoms with Crippen LogP contribution >= 0.6 is 12.4 Å². The van der Waals surface area contributed by atoms with Crippen LogP contribution < -0.4 is 11.1 Å². The predicted molar refractivity (Wildman–Crippen MR) is 87.2 cm³/mol. The number of amides is 1. The molecule has 1 aliphatic rings. The van der Waals surface area contributed by atoms with Crippen LogP contribution in [0.5, 0.6) is 0 Å². The molecule has 1 fully saturated rings. The third-order valence-electron chi connectivity index (χ3n) is 4.51. The van der Waals surface area contributed by atoms with Crippen molar-refractivity contribution in [2.45, 2.75) is 71.5 Å². The fourth-order valence-electron chi connectivity index (χ4n) is 2.51. The first-order valence-electron chi connectivity index (χ1n) is 7.58. The number of carbonyl (C=O) groups is 1. The number of likely N-dealkylation sites (tertiary alicyclic amines) is 1. The molecule has 5 heteroatoms. The van der Waals surface area contributed by atoms with Gasteiger partial charge in [0.25, 0.3) is 0 Å². The maximum atomic E-state index is 12.3. The second kappa shape index (κ2) is 8.20. The molecule has 1 rings (SSSR count). The van der Waals surface area contributed by atoms with Crippen LogP contribution in [-0.2, 0) is 4.79 Å². The smallest absolute Gasteiger partial charge is 0.237 e. The summed E-state index contributed by atoms with van der Waals surface area (Å²) in [6, 6.07) is 0.150. The summed E-state index contributed by atoms with van der Waals surface area (Å²) in [6.07, 6.45) is 3.26. The Hall–Kier alpha value is -0.320. The SMILES string of the molecule is CCC(C)(C)NC(=O)C(C)N1CCCC(C(C)N)C1.Cl. The Morgan fingerprint density at radius 1 is 1.45 bits per heavy atom. The van der Waals surface area contributed by atoms with E-state index in [9.17, 15) is 4.79 Å². The lowest BCUT2D eigenvalue weighted by Gasteiger charge is -2.38. The molecule has 0 aliphatic carbocycles. The van der Waals surface area contributed by atoms with E-state index in [1.54, 1.807) is 0 Å². The molecule has 3 N–H and O–H groups in total. The second-order valence-corrected chi connectivity index (χ2v) is 6.66. The summed E-state index contributed by atoms with van der Waals surface area (Å²) in [5.74, 6) is 0.653. The molecule has 20 heavy (non-hydrogen) atoms. The molecule has 0 aromatic carbocycles. The maximum absolute atomic E-state index is 12.3. The Balaban J connectivity index is 0.00000361. The Morgan fingerprint density at radius 2 is 2.05 bits per heavy atom. The van der Waals surface area contributed by atoms with Crippen LogP contribution in [0.1, 0.15) is 53.9 Å². The number of hydrogen-bond donors (Lipinski definition) is 2. The molecular weight excluding hydrogens is 274 g/mol. The van der Waals surface area contributed by atoms with Gasteiger partial charge in [-0.05, 0) is 59.4 Å². The van der Waals surface area contributed by atoms with Crippen molar-refractivity contribution in [1.82, 2.24) is 10.2 Å². The van der Waals surface area contributed by atoms with E-state index in [1.807, 2.05) is 6.92 Å². The van der Waals surface area contributed by atoms with Crippen LogP contribution in [0.15, 0.2) is 0 Å². The van der Waals surface area contributed by atoms with Gasteiger partial charge in [0.2, 0.25) is 5.91 Å². The van der Waals surface area contributed by atoms with Gasteiger partial charge in [-0.1, -0.05) is 6.92 Å². The molecule has 4 nitrogen and oxygen atoms in total. The molecule has 0 aromatic heterocycles. The first-order valence-corrected chi connectivity index (χ1v) is 7.58. The van der Waals surface area contributed by atoms with Crippen LogP contribution in [0.25, 0.3) is 0 Å². The number of halogens is 1. The summed E-state index contributed by atoms with van der Waals surface area (Å²) in [5.41, 5.74) is 5.88. The van der Waals surface area contributed by atoms with Gasteiger partial charge in [-0.15, -0.1) is 12.4 Å². The van der Waals surface area contributed by atoms with Gasteiger partial charge in [-0.3, -0.25) is 9.69 Å². The lowest BCUT2D eigenvalue weighted by molar-refractivity contribution is -0.128. The average molecular weight is 306 g/mol. The van der Waals surface area contributed by atoms with Gasteiger partial charge in [-0.2, -0.15) is 0 Å². The van der Waals surface area contributed by atoms with E-state index in [0.29, 0.717) is 5.92 Å². The zero-order valence-corrected chi connectivity index (χ0v) is 14.4. The van der Waals surface area contributed by atoms with E-state index in [1.165, 1.54) is 6.42 Å². The highest BCUT2D eigenvalue weighted by Crippen LogP contribution is 2.21. The van der Waals surface area contributed by atoms with E-state index in [-0.39, 0.29) is 35.9 Å². The number of nitrogens with one attached hydrogen (secondary N) is 1. The Bertz CT molecular complexity index is 307. The van der Waals surface area contributed by atoms with Gasteiger partial charge < -0.3 is 11.1 Å². The highest BCUT2D eigenvalue weighted by Gasteiger charge is 2.30. The molecule has 0 radical (unpaired) electrons. The average Bonchev–Trinajstić information content (AvgIpc) is 2.37. The van der Waals surface area contributed by atoms with Crippen LogP contribution in [0.2, 0.25) is 0 Å². The monoisotopic (exact) mass is 305 g/mol. The van der Waals surface area contributed by atoms with Crippen molar-refractivity contribution in [3.63, 3.8) is 0 Å². The zero-order chi connectivity index (χ0) is 14.6. The lowest BCUT2D eigenvalue weighted by atomic mass is 9.91. The number of rotatable bonds is 5. The summed E-state index contributed by atoms with van der Waals surface area (Å²) >= 11 is 0. The van der Waals surface area contributed by atoms with Crippen LogP contribution in [0.3, 0.4) is 0 Å². The van der Waals surface area contributed by atoms with Crippen molar-refractivity contribution in [3.05, 3.63) is 0 Å². The van der Waals surface area contributed by atoms with Gasteiger partial charge in [0.15, 0.2) is 0 Å². The molecule has 3 unspecified atom stereocenters. The summed E-state index contributed by atoms with van der Waals surface area (Å²) < 4.78 is 0. The quantitative estimate of drug-likeness (QED) is 0.818. The van der Waals surface area contributed by atoms with Gasteiger partial charge in [0.1, 0.15) is 0 Å².